The Morgan fingerprint density at radius 2 is 1.97 bits per heavy atom. The molecule has 0 atom stereocenters. The number of aryl methyl sites for hydroxylation is 1. The lowest BCUT2D eigenvalue weighted by atomic mass is 10.0. The van der Waals surface area contributed by atoms with Gasteiger partial charge >= 0.3 is 0 Å². The largest absolute Gasteiger partial charge is 0.495 e. The molecule has 7 nitrogen and oxygen atoms in total. The van der Waals surface area contributed by atoms with Crippen molar-refractivity contribution in [2.75, 3.05) is 12.4 Å². The number of hydrogen-bond acceptors (Lipinski definition) is 6. The third-order valence-electron chi connectivity index (χ3n) is 4.89. The third-order valence-corrected chi connectivity index (χ3v) is 5.58. The summed E-state index contributed by atoms with van der Waals surface area (Å²) in [6.45, 7) is 1.71. The Labute approximate surface area is 191 Å². The van der Waals surface area contributed by atoms with Crippen molar-refractivity contribution in [3.63, 3.8) is 0 Å². The minimum absolute atomic E-state index is 0.0268. The Morgan fingerprint density at radius 3 is 2.69 bits per heavy atom. The number of methoxy groups -OCH3 is 1. The molecule has 0 bridgehead atoms. The molecule has 1 heterocycles. The van der Waals surface area contributed by atoms with Crippen LogP contribution in [0.15, 0.2) is 48.7 Å². The van der Waals surface area contributed by atoms with Crippen LogP contribution in [-0.4, -0.2) is 22.0 Å². The molecule has 32 heavy (non-hydrogen) atoms. The zero-order chi connectivity index (χ0) is 23.0. The highest BCUT2D eigenvalue weighted by Gasteiger charge is 2.19. The van der Waals surface area contributed by atoms with Gasteiger partial charge < -0.3 is 10.1 Å². The Hall–Kier alpha value is -3.49. The predicted molar refractivity (Wildman–Crippen MR) is 123 cm³/mol. The summed E-state index contributed by atoms with van der Waals surface area (Å²) >= 11 is 12.7. The van der Waals surface area contributed by atoms with Crippen LogP contribution in [0.4, 0.5) is 21.7 Å². The molecule has 0 fully saturated rings. The van der Waals surface area contributed by atoms with Gasteiger partial charge in [0.1, 0.15) is 22.8 Å². The number of rotatable bonds is 5. The van der Waals surface area contributed by atoms with E-state index in [-0.39, 0.29) is 27.9 Å². The second kappa shape index (κ2) is 8.57. The number of aromatic nitrogens is 2. The fraction of sp³-hybridized carbons (Fsp3) is 0.0909. The lowest BCUT2D eigenvalue weighted by Gasteiger charge is -2.13. The molecule has 0 aliphatic heterocycles. The summed E-state index contributed by atoms with van der Waals surface area (Å²) < 4.78 is 20.3. The van der Waals surface area contributed by atoms with E-state index in [4.69, 9.17) is 27.9 Å². The van der Waals surface area contributed by atoms with Crippen LogP contribution in [0.25, 0.3) is 22.0 Å². The van der Waals surface area contributed by atoms with Gasteiger partial charge in [-0.25, -0.2) is 14.4 Å². The number of nitrogens with zero attached hydrogens (tertiary/aromatic N) is 3. The van der Waals surface area contributed by atoms with Gasteiger partial charge in [0.2, 0.25) is 5.95 Å². The fourth-order valence-corrected chi connectivity index (χ4v) is 4.01. The molecular formula is C22H15Cl2FN4O3. The molecule has 0 aliphatic rings. The lowest BCUT2D eigenvalue weighted by Crippen LogP contribution is -2.03. The standard InChI is InChI=1S/C22H15Cl2FN4O3/c1-11-4-3-5-16(29(30)31)20(11)27-22-26-10-13-8-12(9-15(25)21(13)28-22)18-14(23)6-7-17(32-2)19(18)24/h3-10H,1-2H3,(H,26,27,28). The summed E-state index contributed by atoms with van der Waals surface area (Å²) in [7, 11) is 1.47. The van der Waals surface area contributed by atoms with Crippen molar-refractivity contribution in [3.8, 4) is 16.9 Å². The summed E-state index contributed by atoms with van der Waals surface area (Å²) in [5.41, 5.74) is 1.63. The van der Waals surface area contributed by atoms with Gasteiger partial charge in [0.25, 0.3) is 5.69 Å². The summed E-state index contributed by atoms with van der Waals surface area (Å²) in [4.78, 5) is 19.2. The SMILES string of the molecule is COc1ccc(Cl)c(-c2cc(F)c3nc(Nc4c(C)cccc4[N+](=O)[O-])ncc3c2)c1Cl. The highest BCUT2D eigenvalue weighted by atomic mass is 35.5. The number of ether oxygens (including phenoxy) is 1. The van der Waals surface area contributed by atoms with Gasteiger partial charge in [-0.3, -0.25) is 10.1 Å². The highest BCUT2D eigenvalue weighted by Crippen LogP contribution is 2.41. The molecule has 0 spiro atoms. The van der Waals surface area contributed by atoms with Gasteiger partial charge in [0.05, 0.1) is 22.1 Å². The topological polar surface area (TPSA) is 90.2 Å². The molecule has 3 aromatic carbocycles. The monoisotopic (exact) mass is 472 g/mol. The van der Waals surface area contributed by atoms with E-state index in [1.165, 1.54) is 25.4 Å². The fourth-order valence-electron chi connectivity index (χ4n) is 3.34. The van der Waals surface area contributed by atoms with Crippen LogP contribution in [-0.2, 0) is 0 Å². The van der Waals surface area contributed by atoms with Crippen LogP contribution >= 0.6 is 23.2 Å². The van der Waals surface area contributed by atoms with E-state index in [2.05, 4.69) is 15.3 Å². The molecule has 0 aliphatic carbocycles. The van der Waals surface area contributed by atoms with Gasteiger partial charge in [-0.1, -0.05) is 35.3 Å². The summed E-state index contributed by atoms with van der Waals surface area (Å²) in [6, 6.07) is 10.8. The minimum Gasteiger partial charge on any atom is -0.495 e. The van der Waals surface area contributed by atoms with E-state index < -0.39 is 10.7 Å². The molecular weight excluding hydrogens is 458 g/mol. The summed E-state index contributed by atoms with van der Waals surface area (Å²) in [5.74, 6) is -0.196. The van der Waals surface area contributed by atoms with E-state index in [9.17, 15) is 10.1 Å². The van der Waals surface area contributed by atoms with Gasteiger partial charge in [0, 0.05) is 23.2 Å². The maximum absolute atomic E-state index is 15.0. The van der Waals surface area contributed by atoms with Gasteiger partial charge in [-0.15, -0.1) is 0 Å². The van der Waals surface area contributed by atoms with Crippen molar-refractivity contribution in [1.29, 1.82) is 0 Å². The van der Waals surface area contributed by atoms with Crippen LogP contribution < -0.4 is 10.1 Å². The molecule has 4 aromatic rings. The summed E-state index contributed by atoms with van der Waals surface area (Å²) in [6.07, 6.45) is 1.42. The number of anilines is 2. The second-order valence-corrected chi connectivity index (χ2v) is 7.66. The Bertz CT molecular complexity index is 1380. The van der Waals surface area contributed by atoms with Crippen LogP contribution in [0.3, 0.4) is 0 Å². The second-order valence-electron chi connectivity index (χ2n) is 6.88. The number of halogens is 3. The van der Waals surface area contributed by atoms with Crippen LogP contribution in [0, 0.1) is 22.9 Å². The third kappa shape index (κ3) is 3.90. The molecule has 0 radical (unpaired) electrons. The maximum Gasteiger partial charge on any atom is 0.293 e. The number of nitrogens with one attached hydrogen (secondary N) is 1. The Balaban J connectivity index is 1.79. The number of benzene rings is 3. The van der Waals surface area contributed by atoms with Crippen molar-refractivity contribution in [2.24, 2.45) is 0 Å². The molecule has 1 aromatic heterocycles. The van der Waals surface area contributed by atoms with Gasteiger partial charge in [0.15, 0.2) is 0 Å². The van der Waals surface area contributed by atoms with E-state index in [1.54, 1.807) is 37.3 Å². The van der Waals surface area contributed by atoms with E-state index in [1.807, 2.05) is 0 Å². The first-order chi connectivity index (χ1) is 15.3. The van der Waals surface area contributed by atoms with Crippen molar-refractivity contribution < 1.29 is 14.1 Å². The molecule has 0 saturated carbocycles. The average molecular weight is 473 g/mol. The number of nitro groups is 1. The number of para-hydroxylation sites is 1. The van der Waals surface area contributed by atoms with E-state index in [0.29, 0.717) is 32.8 Å². The normalized spacial score (nSPS) is 10.9. The van der Waals surface area contributed by atoms with E-state index in [0.717, 1.165) is 0 Å². The highest BCUT2D eigenvalue weighted by molar-refractivity contribution is 6.40. The molecule has 0 saturated heterocycles. The predicted octanol–water partition coefficient (Wildman–Crippen LogP) is 6.71. The first-order valence-corrected chi connectivity index (χ1v) is 10.1. The number of fused-ring (bicyclic) bond motifs is 1. The first-order valence-electron chi connectivity index (χ1n) is 9.30. The van der Waals surface area contributed by atoms with Gasteiger partial charge in [-0.2, -0.15) is 0 Å². The molecule has 1 N–H and O–H groups in total. The van der Waals surface area contributed by atoms with Crippen LogP contribution in [0.2, 0.25) is 10.0 Å². The molecule has 0 unspecified atom stereocenters. The van der Waals surface area contributed by atoms with Crippen LogP contribution in [0.5, 0.6) is 5.75 Å². The number of hydrogen-bond donors (Lipinski definition) is 1. The first kappa shape index (κ1) is 21.7. The Morgan fingerprint density at radius 1 is 1.19 bits per heavy atom. The Kier molecular flexibility index (Phi) is 5.82. The zero-order valence-corrected chi connectivity index (χ0v) is 18.3. The lowest BCUT2D eigenvalue weighted by molar-refractivity contribution is -0.384. The van der Waals surface area contributed by atoms with Gasteiger partial charge in [-0.05, 0) is 42.3 Å². The smallest absolute Gasteiger partial charge is 0.293 e. The number of nitro benzene ring substituents is 1. The van der Waals surface area contributed by atoms with Crippen molar-refractivity contribution in [1.82, 2.24) is 9.97 Å². The molecule has 10 heteroatoms. The molecule has 162 valence electrons. The quantitative estimate of drug-likeness (QED) is 0.256. The molecule has 0 amide bonds. The maximum atomic E-state index is 15.0. The van der Waals surface area contributed by atoms with Crippen molar-refractivity contribution in [3.05, 3.63) is 80.2 Å². The minimum atomic E-state index is -0.628. The van der Waals surface area contributed by atoms with Crippen molar-refractivity contribution >= 4 is 51.4 Å². The van der Waals surface area contributed by atoms with E-state index >= 15 is 4.39 Å². The average Bonchev–Trinajstić information content (AvgIpc) is 2.75. The van der Waals surface area contributed by atoms with Crippen LogP contribution in [0.1, 0.15) is 5.56 Å². The molecule has 4 rings (SSSR count). The zero-order valence-electron chi connectivity index (χ0n) is 16.8. The summed E-state index contributed by atoms with van der Waals surface area (Å²) in [5, 5.41) is 15.2. The van der Waals surface area contributed by atoms with Crippen molar-refractivity contribution in [2.45, 2.75) is 6.92 Å².